The zero-order valence-corrected chi connectivity index (χ0v) is 26.7. The molecule has 14 heteroatoms. The molecular weight excluding hydrogens is 645 g/mol. The molecule has 0 aliphatic carbocycles. The fraction of sp³-hybridized carbons (Fsp3) is 0.273. The third-order valence-electron chi connectivity index (χ3n) is 7.75. The van der Waals surface area contributed by atoms with Crippen LogP contribution >= 0.6 is 0 Å². The van der Waals surface area contributed by atoms with Gasteiger partial charge in [0, 0.05) is 0 Å². The molecule has 0 radical (unpaired) electrons. The average Bonchev–Trinajstić information content (AvgIpc) is 3.46. The first kappa shape index (κ1) is 33.6. The van der Waals surface area contributed by atoms with Crippen molar-refractivity contribution in [1.29, 1.82) is 0 Å². The number of carbonyl (C=O) groups is 3. The Hall–Kier alpha value is -4.73. The van der Waals surface area contributed by atoms with Gasteiger partial charge in [-0.3, -0.25) is 4.79 Å². The molecule has 0 unspecified atom stereocenters. The zero-order chi connectivity index (χ0) is 33.3. The monoisotopic (exact) mass is 682 g/mol. The number of hydrogen-bond donors (Lipinski definition) is 5. The molecule has 5 rings (SSSR count). The average molecular weight is 683 g/mol. The molecule has 0 spiro atoms. The number of nitrogens with two attached hydrogens (primary N) is 1. The molecule has 2 heterocycles. The van der Waals surface area contributed by atoms with Crippen molar-refractivity contribution in [2.75, 3.05) is 19.6 Å². The van der Waals surface area contributed by atoms with Crippen molar-refractivity contribution in [3.8, 4) is 5.75 Å². The van der Waals surface area contributed by atoms with Gasteiger partial charge in [-0.2, -0.15) is 0 Å². The van der Waals surface area contributed by atoms with Crippen molar-refractivity contribution in [3.63, 3.8) is 0 Å². The number of rotatable bonds is 15. The maximum absolute atomic E-state index is 14.3. The molecule has 1 aliphatic rings. The van der Waals surface area contributed by atoms with E-state index in [1.165, 1.54) is 4.68 Å². The summed E-state index contributed by atoms with van der Waals surface area (Å²) in [5.74, 6) is -0.984. The van der Waals surface area contributed by atoms with E-state index in [2.05, 4.69) is 32.8 Å². The molecule has 0 bridgehead atoms. The quantitative estimate of drug-likeness (QED) is 0.0887. The summed E-state index contributed by atoms with van der Waals surface area (Å²) in [5.41, 5.74) is 9.09. The van der Waals surface area contributed by atoms with E-state index in [-0.39, 0.29) is 50.2 Å². The van der Waals surface area contributed by atoms with E-state index in [9.17, 15) is 19.5 Å². The zero-order valence-electron chi connectivity index (χ0n) is 25.6. The van der Waals surface area contributed by atoms with Crippen LogP contribution in [0.2, 0.25) is 0 Å². The van der Waals surface area contributed by atoms with Gasteiger partial charge in [0.05, 0.1) is 0 Å². The van der Waals surface area contributed by atoms with Gasteiger partial charge in [-0.15, -0.1) is 0 Å². The van der Waals surface area contributed by atoms with Gasteiger partial charge in [0.1, 0.15) is 0 Å². The van der Waals surface area contributed by atoms with Gasteiger partial charge in [0.25, 0.3) is 0 Å². The predicted molar refractivity (Wildman–Crippen MR) is 173 cm³/mol. The van der Waals surface area contributed by atoms with Crippen LogP contribution in [-0.2, 0) is 55.7 Å². The SMILES string of the molecule is C=CCNCC(=O)N1[C@@H](N[C](=[Co])NCc2ccccc2)CN(Cc2cccc3c2nnn3CC(N)=O)C(=O)[C@@H]1Cc1ccc(O)cc1. The van der Waals surface area contributed by atoms with Crippen LogP contribution in [0.3, 0.4) is 0 Å². The Balaban J connectivity index is 1.47. The second-order valence-corrected chi connectivity index (χ2v) is 11.6. The summed E-state index contributed by atoms with van der Waals surface area (Å²) in [7, 11) is 0. The minimum absolute atomic E-state index is 0.00932. The summed E-state index contributed by atoms with van der Waals surface area (Å²) in [6, 6.07) is 21.0. The van der Waals surface area contributed by atoms with Crippen LogP contribution < -0.4 is 21.7 Å². The molecule has 3 amide bonds. The van der Waals surface area contributed by atoms with Crippen LogP contribution in [0.25, 0.3) is 11.0 Å². The Bertz CT molecular complexity index is 1750. The maximum atomic E-state index is 14.3. The third kappa shape index (κ3) is 8.55. The van der Waals surface area contributed by atoms with Gasteiger partial charge in [-0.05, 0) is 0 Å². The number of fused-ring (bicyclic) bond motifs is 1. The first-order valence-electron chi connectivity index (χ1n) is 15.1. The molecule has 47 heavy (non-hydrogen) atoms. The fourth-order valence-electron chi connectivity index (χ4n) is 5.56. The van der Waals surface area contributed by atoms with Gasteiger partial charge in [-0.25, -0.2) is 0 Å². The Kier molecular flexibility index (Phi) is 11.2. The van der Waals surface area contributed by atoms with E-state index in [1.54, 1.807) is 46.2 Å². The van der Waals surface area contributed by atoms with Crippen LogP contribution in [0, 0.1) is 0 Å². The van der Waals surface area contributed by atoms with Crippen molar-refractivity contribution < 1.29 is 34.8 Å². The number of aromatic nitrogens is 3. The molecule has 1 aliphatic heterocycles. The minimum atomic E-state index is -0.886. The molecule has 247 valence electrons. The molecule has 1 saturated heterocycles. The summed E-state index contributed by atoms with van der Waals surface area (Å²) < 4.78 is 1.85. The summed E-state index contributed by atoms with van der Waals surface area (Å²) in [5, 5.41) is 27.9. The van der Waals surface area contributed by atoms with Crippen LogP contribution in [-0.4, -0.2) is 84.2 Å². The molecule has 6 N–H and O–H groups in total. The molecule has 1 aromatic heterocycles. The number of primary amides is 1. The number of hydrogen-bond acceptors (Lipinski definition) is 9. The van der Waals surface area contributed by atoms with Crippen LogP contribution in [0.4, 0.5) is 0 Å². The molecule has 1 fully saturated rings. The molecule has 0 saturated carbocycles. The first-order valence-corrected chi connectivity index (χ1v) is 15.6. The number of nitrogens with one attached hydrogen (secondary N) is 3. The van der Waals surface area contributed by atoms with Crippen molar-refractivity contribution in [2.45, 2.75) is 38.3 Å². The Morgan fingerprint density at radius 2 is 1.83 bits per heavy atom. The van der Waals surface area contributed by atoms with E-state index in [0.717, 1.165) is 16.7 Å². The molecule has 3 aromatic carbocycles. The van der Waals surface area contributed by atoms with E-state index in [1.807, 2.05) is 42.5 Å². The summed E-state index contributed by atoms with van der Waals surface area (Å²) >= 11 is 4.74. The van der Waals surface area contributed by atoms with Crippen molar-refractivity contribution in [2.24, 2.45) is 5.73 Å². The van der Waals surface area contributed by atoms with Gasteiger partial charge in [0.15, 0.2) is 0 Å². The van der Waals surface area contributed by atoms with E-state index < -0.39 is 18.1 Å². The second-order valence-electron chi connectivity index (χ2n) is 11.1. The number of phenolic OH excluding ortho intramolecular Hbond substituents is 1. The van der Waals surface area contributed by atoms with Crippen molar-refractivity contribution in [1.82, 2.24) is 40.7 Å². The number of amides is 3. The number of piperazine rings is 1. The van der Waals surface area contributed by atoms with Crippen LogP contribution in [0.5, 0.6) is 5.75 Å². The number of nitrogens with zero attached hydrogens (tertiary/aromatic N) is 5. The van der Waals surface area contributed by atoms with Crippen LogP contribution in [0.15, 0.2) is 85.5 Å². The number of carbonyl (C=O) groups excluding carboxylic acids is 3. The summed E-state index contributed by atoms with van der Waals surface area (Å²) in [4.78, 5) is 43.0. The van der Waals surface area contributed by atoms with Gasteiger partial charge in [-0.1, -0.05) is 0 Å². The van der Waals surface area contributed by atoms with Gasteiger partial charge >= 0.3 is 270 Å². The van der Waals surface area contributed by atoms with E-state index in [0.29, 0.717) is 28.8 Å². The Morgan fingerprint density at radius 3 is 2.55 bits per heavy atom. The molecule has 2 atom stereocenters. The standard InChI is InChI=1S/C33H37N9O4.Co/c1-2-15-35-18-31(45)42-28(16-23-11-13-26(43)14-12-23)33(46)40(21-30(42)37-22-36-17-24-7-4-3-5-8-24)19-25-9-6-10-27-32(25)38-39-41(27)20-29(34)44;/h2-14,28,30,35-37,43H,1,15-21H2,(H2,34,44);/t28-,30+;/m0./s1. The van der Waals surface area contributed by atoms with E-state index in [4.69, 9.17) is 21.0 Å². The van der Waals surface area contributed by atoms with Crippen LogP contribution in [0.1, 0.15) is 16.7 Å². The summed E-state index contributed by atoms with van der Waals surface area (Å²) in [6.07, 6.45) is 1.21. The van der Waals surface area contributed by atoms with Gasteiger partial charge < -0.3 is 5.73 Å². The third-order valence-corrected chi connectivity index (χ3v) is 8.08. The van der Waals surface area contributed by atoms with E-state index >= 15 is 0 Å². The summed E-state index contributed by atoms with van der Waals surface area (Å²) in [6.45, 7) is 4.80. The topological polar surface area (TPSA) is 171 Å². The fourth-order valence-corrected chi connectivity index (χ4v) is 5.83. The van der Waals surface area contributed by atoms with Crippen molar-refractivity contribution >= 4 is 33.5 Å². The molecular formula is C33H37CoN9O4. The predicted octanol–water partition coefficient (Wildman–Crippen LogP) is 0.520. The Labute approximate surface area is 279 Å². The normalized spacial score (nSPS) is 16.4. The number of aromatic hydroxyl groups is 1. The van der Waals surface area contributed by atoms with Crippen molar-refractivity contribution in [3.05, 3.63) is 102 Å². The Morgan fingerprint density at radius 1 is 1.06 bits per heavy atom. The second kappa shape index (κ2) is 15.7. The van der Waals surface area contributed by atoms with Gasteiger partial charge in [0.2, 0.25) is 0 Å². The number of phenols is 1. The first-order chi connectivity index (χ1) is 22.7. The molecule has 4 aromatic rings. The number of benzene rings is 3. The molecule has 13 nitrogen and oxygen atoms in total.